The largest absolute Gasteiger partial charge is 0.447 e. The van der Waals surface area contributed by atoms with Crippen molar-refractivity contribution in [3.05, 3.63) is 24.3 Å². The summed E-state index contributed by atoms with van der Waals surface area (Å²) in [6.07, 6.45) is -2.34. The first-order valence-electron chi connectivity index (χ1n) is 18.6. The average Bonchev–Trinajstić information content (AvgIpc) is 3.45. The number of carbonyl (C=O) groups excluding carboxylic acids is 5. The van der Waals surface area contributed by atoms with Crippen molar-refractivity contribution in [1.82, 2.24) is 20.9 Å². The molecule has 9 atom stereocenters. The fraction of sp³-hybridized carbons (Fsp3) is 0.757. The number of hydrogen-bond donors (Lipinski definition) is 6. The normalized spacial score (nSPS) is 28.4. The van der Waals surface area contributed by atoms with Gasteiger partial charge in [0.15, 0.2) is 12.3 Å². The number of amides is 5. The number of hydrogen-bond acceptors (Lipinski definition) is 13. The number of methoxy groups -OCH3 is 2. The Morgan fingerprint density at radius 3 is 2.33 bits per heavy atom. The predicted octanol–water partition coefficient (Wildman–Crippen LogP) is 0.793. The Labute approximate surface area is 317 Å². The predicted molar refractivity (Wildman–Crippen MR) is 193 cm³/mol. The molecule has 17 nitrogen and oxygen atoms in total. The number of aliphatic hydroxyl groups excluding tert-OH is 3. The summed E-state index contributed by atoms with van der Waals surface area (Å²) >= 11 is 0. The van der Waals surface area contributed by atoms with Crippen molar-refractivity contribution in [2.24, 2.45) is 11.3 Å². The number of unbranched alkanes of at least 4 members (excludes halogenated alkanes) is 2. The van der Waals surface area contributed by atoms with Gasteiger partial charge in [-0.1, -0.05) is 39.3 Å². The van der Waals surface area contributed by atoms with E-state index in [0.717, 1.165) is 5.57 Å². The van der Waals surface area contributed by atoms with E-state index in [1.54, 1.807) is 20.8 Å². The zero-order valence-corrected chi connectivity index (χ0v) is 32.3. The van der Waals surface area contributed by atoms with E-state index in [1.807, 2.05) is 6.92 Å². The number of imide groups is 1. The van der Waals surface area contributed by atoms with Gasteiger partial charge in [-0.15, -0.1) is 0 Å². The summed E-state index contributed by atoms with van der Waals surface area (Å²) in [5.74, 6) is -3.27. The summed E-state index contributed by atoms with van der Waals surface area (Å²) in [5, 5.41) is 40.9. The van der Waals surface area contributed by atoms with Crippen LogP contribution in [0.2, 0.25) is 0 Å². The lowest BCUT2D eigenvalue weighted by Crippen LogP contribution is -2.62. The second kappa shape index (κ2) is 20.5. The number of nitrogens with one attached hydrogen (secondary N) is 3. The summed E-state index contributed by atoms with van der Waals surface area (Å²) in [6.45, 7) is 11.9. The molecule has 2 fully saturated rings. The molecule has 5 amide bonds. The summed E-state index contributed by atoms with van der Waals surface area (Å²) in [4.78, 5) is 61.9. The van der Waals surface area contributed by atoms with Crippen LogP contribution in [0.3, 0.4) is 0 Å². The Morgan fingerprint density at radius 1 is 1.04 bits per heavy atom. The first-order valence-corrected chi connectivity index (χ1v) is 18.6. The third kappa shape index (κ3) is 12.0. The molecule has 3 aliphatic rings. The molecule has 6 N–H and O–H groups in total. The quantitative estimate of drug-likeness (QED) is 0.0436. The zero-order valence-electron chi connectivity index (χ0n) is 32.3. The molecular formula is C37H60N4O13. The lowest BCUT2D eigenvalue weighted by molar-refractivity contribution is -0.298. The van der Waals surface area contributed by atoms with Crippen LogP contribution < -0.4 is 16.0 Å². The van der Waals surface area contributed by atoms with Gasteiger partial charge in [0, 0.05) is 83.0 Å². The van der Waals surface area contributed by atoms with Crippen LogP contribution in [-0.2, 0) is 42.9 Å². The zero-order chi connectivity index (χ0) is 40.2. The molecule has 17 heteroatoms. The number of ether oxygens (including phenoxy) is 5. The second-order valence-corrected chi connectivity index (χ2v) is 14.9. The van der Waals surface area contributed by atoms with Crippen LogP contribution in [0.1, 0.15) is 79.1 Å². The highest BCUT2D eigenvalue weighted by molar-refractivity contribution is 6.12. The lowest BCUT2D eigenvalue weighted by atomic mass is 9.74. The molecule has 0 bridgehead atoms. The van der Waals surface area contributed by atoms with Crippen LogP contribution in [0.15, 0.2) is 24.3 Å². The van der Waals surface area contributed by atoms with Gasteiger partial charge in [0.25, 0.3) is 17.7 Å². The van der Waals surface area contributed by atoms with Crippen molar-refractivity contribution in [3.63, 3.8) is 0 Å². The van der Waals surface area contributed by atoms with Crippen LogP contribution in [0.5, 0.6) is 0 Å². The Bertz CT molecular complexity index is 1340. The fourth-order valence-electron chi connectivity index (χ4n) is 6.63. The maximum absolute atomic E-state index is 13.3. The van der Waals surface area contributed by atoms with Crippen molar-refractivity contribution in [2.45, 2.75) is 128 Å². The number of nitrogens with zero attached hydrogens (tertiary/aromatic N) is 1. The van der Waals surface area contributed by atoms with Crippen molar-refractivity contribution in [2.75, 3.05) is 40.5 Å². The van der Waals surface area contributed by atoms with Gasteiger partial charge in [-0.25, -0.2) is 4.79 Å². The van der Waals surface area contributed by atoms with Gasteiger partial charge in [0.1, 0.15) is 12.7 Å². The van der Waals surface area contributed by atoms with Gasteiger partial charge < -0.3 is 55.0 Å². The standard InChI is InChI=1S/C37H60N4O13/c1-22-20-37(51-7,54-24(3)23(22)2)32(47)33(48)40-34(50-6)26-19-27(43)36(4,5)28(53-26)18-25(42)21-52-35(49)39-16-11-15-38-29(44)12-9-8-10-17-41-30(45)13-14-31(41)46/h13-14,23-28,32,34,42-43,47H,1,8-12,15-21H2,2-7H3,(H,38,44)(H,39,49)(H,40,48)/t23-,24-,25+,26+,27-,28-,32-,34+,37-/m1/s1. The van der Waals surface area contributed by atoms with Gasteiger partial charge in [0.2, 0.25) is 11.7 Å². The van der Waals surface area contributed by atoms with Gasteiger partial charge in [-0.2, -0.15) is 0 Å². The summed E-state index contributed by atoms with van der Waals surface area (Å²) in [6, 6.07) is 0. The molecule has 3 rings (SSSR count). The summed E-state index contributed by atoms with van der Waals surface area (Å²) in [5.41, 5.74) is -0.0645. The molecule has 0 aromatic carbocycles. The minimum absolute atomic E-state index is 0.00287. The first kappa shape index (κ1) is 44.9. The van der Waals surface area contributed by atoms with E-state index in [-0.39, 0.29) is 62.2 Å². The number of aliphatic hydroxyl groups is 3. The maximum atomic E-state index is 13.3. The average molecular weight is 769 g/mol. The van der Waals surface area contributed by atoms with E-state index in [4.69, 9.17) is 23.7 Å². The van der Waals surface area contributed by atoms with E-state index in [0.29, 0.717) is 45.2 Å². The van der Waals surface area contributed by atoms with E-state index in [2.05, 4.69) is 22.5 Å². The van der Waals surface area contributed by atoms with E-state index in [9.17, 15) is 39.3 Å². The summed E-state index contributed by atoms with van der Waals surface area (Å²) in [7, 11) is 2.69. The van der Waals surface area contributed by atoms with Crippen molar-refractivity contribution < 1.29 is 63.0 Å². The number of alkyl carbamates (subject to hydrolysis) is 1. The second-order valence-electron chi connectivity index (χ2n) is 14.9. The molecule has 0 radical (unpaired) electrons. The van der Waals surface area contributed by atoms with Crippen LogP contribution in [-0.4, -0.2) is 139 Å². The molecule has 3 aliphatic heterocycles. The van der Waals surface area contributed by atoms with Crippen molar-refractivity contribution >= 4 is 29.7 Å². The highest BCUT2D eigenvalue weighted by Gasteiger charge is 2.51. The van der Waals surface area contributed by atoms with Crippen LogP contribution in [0, 0.1) is 11.3 Å². The maximum Gasteiger partial charge on any atom is 0.407 e. The lowest BCUT2D eigenvalue weighted by Gasteiger charge is -2.48. The fourth-order valence-corrected chi connectivity index (χ4v) is 6.63. The Kier molecular flexibility index (Phi) is 17.0. The van der Waals surface area contributed by atoms with E-state index < -0.39 is 60.0 Å². The van der Waals surface area contributed by atoms with Crippen LogP contribution in [0.25, 0.3) is 0 Å². The van der Waals surface area contributed by atoms with Gasteiger partial charge in [-0.3, -0.25) is 24.1 Å². The van der Waals surface area contributed by atoms with Crippen LogP contribution in [0.4, 0.5) is 4.79 Å². The third-order valence-corrected chi connectivity index (χ3v) is 10.6. The smallest absolute Gasteiger partial charge is 0.407 e. The topological polar surface area (TPSA) is 232 Å². The van der Waals surface area contributed by atoms with Crippen LogP contribution >= 0.6 is 0 Å². The first-order chi connectivity index (χ1) is 25.4. The van der Waals surface area contributed by atoms with E-state index >= 15 is 0 Å². The third-order valence-electron chi connectivity index (χ3n) is 10.6. The minimum Gasteiger partial charge on any atom is -0.447 e. The molecule has 0 spiro atoms. The minimum atomic E-state index is -1.74. The van der Waals surface area contributed by atoms with Crippen molar-refractivity contribution in [1.29, 1.82) is 0 Å². The number of carbonyl (C=O) groups is 5. The molecule has 0 aliphatic carbocycles. The van der Waals surface area contributed by atoms with E-state index in [1.165, 1.54) is 31.3 Å². The molecule has 0 saturated carbocycles. The molecule has 306 valence electrons. The van der Waals surface area contributed by atoms with Gasteiger partial charge in [0.05, 0.1) is 24.4 Å². The SMILES string of the molecule is C=C1C[C@](OC)([C@H](O)C(=O)N[C@@H](OC)[C@@H]2C[C@@H](O)C(C)(C)[C@@H](C[C@H](O)COC(=O)NCCCNC(=O)CCCCCN3C(=O)C=CC3=O)O2)O[C@H](C)[C@@H]1C. The monoisotopic (exact) mass is 768 g/mol. The molecule has 2 saturated heterocycles. The molecule has 54 heavy (non-hydrogen) atoms. The molecule has 0 aromatic heterocycles. The number of rotatable bonds is 20. The Morgan fingerprint density at radius 2 is 1.70 bits per heavy atom. The highest BCUT2D eigenvalue weighted by Crippen LogP contribution is 2.40. The molecule has 3 heterocycles. The Balaban J connectivity index is 1.37. The molecule has 0 unspecified atom stereocenters. The molecule has 0 aromatic rings. The van der Waals surface area contributed by atoms with Crippen molar-refractivity contribution in [3.8, 4) is 0 Å². The molecular weight excluding hydrogens is 708 g/mol. The Hall–Kier alpha value is -3.45. The van der Waals surface area contributed by atoms with Gasteiger partial charge in [-0.05, 0) is 26.2 Å². The highest BCUT2D eigenvalue weighted by atomic mass is 16.7. The summed E-state index contributed by atoms with van der Waals surface area (Å²) < 4.78 is 28.5. The van der Waals surface area contributed by atoms with Gasteiger partial charge >= 0.3 is 6.09 Å².